The highest BCUT2D eigenvalue weighted by atomic mass is 14.7. The molecule has 0 aromatic heterocycles. The van der Waals surface area contributed by atoms with E-state index in [4.69, 9.17) is 5.73 Å². The van der Waals surface area contributed by atoms with Gasteiger partial charge in [0.15, 0.2) is 0 Å². The highest BCUT2D eigenvalue weighted by molar-refractivity contribution is 5.27. The molecule has 0 aliphatic carbocycles. The van der Waals surface area contributed by atoms with E-state index in [1.54, 1.807) is 0 Å². The van der Waals surface area contributed by atoms with Crippen molar-refractivity contribution in [2.45, 2.75) is 84.1 Å². The van der Waals surface area contributed by atoms with Crippen molar-refractivity contribution >= 4 is 0 Å². The molecule has 1 aromatic rings. The van der Waals surface area contributed by atoms with Crippen LogP contribution in [-0.4, -0.2) is 6.04 Å². The van der Waals surface area contributed by atoms with E-state index in [-0.39, 0.29) is 11.5 Å². The molecular weight excluding hydrogens is 254 g/mol. The van der Waals surface area contributed by atoms with Crippen molar-refractivity contribution in [2.75, 3.05) is 0 Å². The van der Waals surface area contributed by atoms with E-state index in [0.29, 0.717) is 0 Å². The molecule has 21 heavy (non-hydrogen) atoms. The van der Waals surface area contributed by atoms with Crippen molar-refractivity contribution in [3.63, 3.8) is 0 Å². The summed E-state index contributed by atoms with van der Waals surface area (Å²) < 4.78 is 0. The van der Waals surface area contributed by atoms with Crippen LogP contribution in [0.15, 0.2) is 30.3 Å². The molecule has 120 valence electrons. The standard InChI is InChI=1S/C20H35N/c1-5-9-13-17(6-2)16-19(21)20(7-3,8-4)18-14-11-10-12-15-18/h10-12,14-15,17,19H,5-9,13,16,21H2,1-4H3. The molecule has 0 aliphatic rings. The molecule has 0 fully saturated rings. The second kappa shape index (κ2) is 9.25. The first-order chi connectivity index (χ1) is 10.1. The predicted molar refractivity (Wildman–Crippen MR) is 94.6 cm³/mol. The summed E-state index contributed by atoms with van der Waals surface area (Å²) in [6, 6.07) is 11.2. The molecule has 0 heterocycles. The van der Waals surface area contributed by atoms with Gasteiger partial charge in [0.1, 0.15) is 0 Å². The van der Waals surface area contributed by atoms with E-state index < -0.39 is 0 Å². The summed E-state index contributed by atoms with van der Waals surface area (Å²) in [5.41, 5.74) is 8.32. The number of unbranched alkanes of at least 4 members (excludes halogenated alkanes) is 1. The zero-order chi connectivity index (χ0) is 15.7. The van der Waals surface area contributed by atoms with Gasteiger partial charge in [-0.15, -0.1) is 0 Å². The highest BCUT2D eigenvalue weighted by Gasteiger charge is 2.35. The molecule has 2 unspecified atom stereocenters. The minimum absolute atomic E-state index is 0.140. The molecule has 2 N–H and O–H groups in total. The van der Waals surface area contributed by atoms with Crippen LogP contribution < -0.4 is 5.73 Å². The van der Waals surface area contributed by atoms with Crippen LogP contribution in [0.25, 0.3) is 0 Å². The minimum atomic E-state index is 0.140. The van der Waals surface area contributed by atoms with E-state index in [2.05, 4.69) is 58.0 Å². The molecular formula is C20H35N. The van der Waals surface area contributed by atoms with Crippen LogP contribution >= 0.6 is 0 Å². The first-order valence-corrected chi connectivity index (χ1v) is 8.95. The SMILES string of the molecule is CCCCC(CC)CC(N)C(CC)(CC)c1ccccc1. The molecule has 0 amide bonds. The Bertz CT molecular complexity index is 367. The van der Waals surface area contributed by atoms with Crippen LogP contribution in [0.1, 0.15) is 78.2 Å². The molecule has 2 atom stereocenters. The molecule has 0 aliphatic heterocycles. The lowest BCUT2D eigenvalue weighted by molar-refractivity contribution is 0.259. The quantitative estimate of drug-likeness (QED) is 0.589. The van der Waals surface area contributed by atoms with E-state index in [9.17, 15) is 0 Å². The lowest BCUT2D eigenvalue weighted by atomic mass is 9.68. The van der Waals surface area contributed by atoms with Crippen molar-refractivity contribution in [1.29, 1.82) is 0 Å². The van der Waals surface area contributed by atoms with Crippen molar-refractivity contribution in [3.05, 3.63) is 35.9 Å². The topological polar surface area (TPSA) is 26.0 Å². The third-order valence-electron chi connectivity index (χ3n) is 5.45. The van der Waals surface area contributed by atoms with Crippen molar-refractivity contribution < 1.29 is 0 Å². The van der Waals surface area contributed by atoms with Crippen LogP contribution in [-0.2, 0) is 5.41 Å². The van der Waals surface area contributed by atoms with Gasteiger partial charge in [0.2, 0.25) is 0 Å². The number of hydrogen-bond donors (Lipinski definition) is 1. The summed E-state index contributed by atoms with van der Waals surface area (Å²) >= 11 is 0. The smallest absolute Gasteiger partial charge is 0.0139 e. The van der Waals surface area contributed by atoms with Gasteiger partial charge >= 0.3 is 0 Å². The van der Waals surface area contributed by atoms with Gasteiger partial charge in [0.25, 0.3) is 0 Å². The molecule has 0 saturated heterocycles. The van der Waals surface area contributed by atoms with E-state index in [1.165, 1.54) is 31.2 Å². The highest BCUT2D eigenvalue weighted by Crippen LogP contribution is 2.37. The summed E-state index contributed by atoms with van der Waals surface area (Å²) in [5, 5.41) is 0. The summed E-state index contributed by atoms with van der Waals surface area (Å²) in [4.78, 5) is 0. The van der Waals surface area contributed by atoms with E-state index in [1.807, 2.05) is 0 Å². The average Bonchev–Trinajstić information content (AvgIpc) is 2.54. The van der Waals surface area contributed by atoms with Crippen molar-refractivity contribution in [2.24, 2.45) is 11.7 Å². The van der Waals surface area contributed by atoms with Gasteiger partial charge in [-0.25, -0.2) is 0 Å². The maximum atomic E-state index is 6.75. The second-order valence-electron chi connectivity index (χ2n) is 6.49. The van der Waals surface area contributed by atoms with Gasteiger partial charge < -0.3 is 5.73 Å². The monoisotopic (exact) mass is 289 g/mol. The Morgan fingerprint density at radius 1 is 1.00 bits per heavy atom. The third-order valence-corrected chi connectivity index (χ3v) is 5.45. The van der Waals surface area contributed by atoms with Gasteiger partial charge in [0, 0.05) is 11.5 Å². The van der Waals surface area contributed by atoms with Crippen LogP contribution in [0.2, 0.25) is 0 Å². The summed E-state index contributed by atoms with van der Waals surface area (Å²) in [7, 11) is 0. The Morgan fingerprint density at radius 3 is 2.10 bits per heavy atom. The minimum Gasteiger partial charge on any atom is -0.327 e. The predicted octanol–water partition coefficient (Wildman–Crippen LogP) is 5.68. The first-order valence-electron chi connectivity index (χ1n) is 8.95. The average molecular weight is 290 g/mol. The Labute approximate surface area is 132 Å². The van der Waals surface area contributed by atoms with Crippen molar-refractivity contribution in [3.8, 4) is 0 Å². The largest absolute Gasteiger partial charge is 0.327 e. The lowest BCUT2D eigenvalue weighted by Crippen LogP contribution is -2.45. The van der Waals surface area contributed by atoms with Gasteiger partial charge in [-0.05, 0) is 30.7 Å². The molecule has 1 rings (SSSR count). The van der Waals surface area contributed by atoms with Crippen LogP contribution in [0.4, 0.5) is 0 Å². The maximum absolute atomic E-state index is 6.75. The Morgan fingerprint density at radius 2 is 1.62 bits per heavy atom. The second-order valence-corrected chi connectivity index (χ2v) is 6.49. The van der Waals surface area contributed by atoms with Gasteiger partial charge in [-0.1, -0.05) is 83.7 Å². The Hall–Kier alpha value is -0.820. The summed E-state index contributed by atoms with van der Waals surface area (Å²) in [6.07, 6.45) is 8.62. The Balaban J connectivity index is 2.89. The normalized spacial score (nSPS) is 14.9. The first kappa shape index (κ1) is 18.2. The molecule has 0 saturated carbocycles. The van der Waals surface area contributed by atoms with Gasteiger partial charge in [-0.2, -0.15) is 0 Å². The Kier molecular flexibility index (Phi) is 8.03. The number of nitrogens with two attached hydrogens (primary N) is 1. The third kappa shape index (κ3) is 4.57. The number of benzene rings is 1. The molecule has 0 radical (unpaired) electrons. The lowest BCUT2D eigenvalue weighted by Gasteiger charge is -2.40. The summed E-state index contributed by atoms with van der Waals surface area (Å²) in [5.74, 6) is 0.779. The van der Waals surface area contributed by atoms with E-state index >= 15 is 0 Å². The maximum Gasteiger partial charge on any atom is 0.0139 e. The van der Waals surface area contributed by atoms with Crippen LogP contribution in [0, 0.1) is 5.92 Å². The molecule has 1 aromatic carbocycles. The number of hydrogen-bond acceptors (Lipinski definition) is 1. The number of rotatable bonds is 10. The van der Waals surface area contributed by atoms with E-state index in [0.717, 1.165) is 25.2 Å². The fourth-order valence-electron chi connectivity index (χ4n) is 3.73. The van der Waals surface area contributed by atoms with Crippen LogP contribution in [0.5, 0.6) is 0 Å². The molecule has 1 heteroatoms. The van der Waals surface area contributed by atoms with Crippen LogP contribution in [0.3, 0.4) is 0 Å². The fraction of sp³-hybridized carbons (Fsp3) is 0.700. The van der Waals surface area contributed by atoms with Gasteiger partial charge in [0.05, 0.1) is 0 Å². The fourth-order valence-corrected chi connectivity index (χ4v) is 3.73. The zero-order valence-electron chi connectivity index (χ0n) is 14.6. The molecule has 0 bridgehead atoms. The van der Waals surface area contributed by atoms with Gasteiger partial charge in [-0.3, -0.25) is 0 Å². The molecule has 1 nitrogen and oxygen atoms in total. The zero-order valence-corrected chi connectivity index (χ0v) is 14.6. The van der Waals surface area contributed by atoms with Crippen molar-refractivity contribution in [1.82, 2.24) is 0 Å². The molecule has 0 spiro atoms. The summed E-state index contributed by atoms with van der Waals surface area (Å²) in [6.45, 7) is 9.18.